The van der Waals surface area contributed by atoms with Crippen LogP contribution in [0.4, 0.5) is 0 Å². The molecule has 4 heteroatoms. The zero-order chi connectivity index (χ0) is 12.2. The van der Waals surface area contributed by atoms with Crippen LogP contribution in [0.3, 0.4) is 0 Å². The first-order chi connectivity index (χ1) is 7.50. The summed E-state index contributed by atoms with van der Waals surface area (Å²) in [6.45, 7) is 1.80. The van der Waals surface area contributed by atoms with Crippen molar-refractivity contribution in [2.24, 2.45) is 0 Å². The van der Waals surface area contributed by atoms with Gasteiger partial charge in [0.25, 0.3) is 0 Å². The van der Waals surface area contributed by atoms with Gasteiger partial charge in [-0.1, -0.05) is 34.0 Å². The Balaban J connectivity index is 3.12. The van der Waals surface area contributed by atoms with Crippen molar-refractivity contribution >= 4 is 21.9 Å². The van der Waals surface area contributed by atoms with Crippen molar-refractivity contribution in [3.8, 4) is 12.3 Å². The number of rotatable bonds is 4. The molecule has 84 valence electrons. The van der Waals surface area contributed by atoms with E-state index in [1.54, 1.807) is 25.1 Å². The van der Waals surface area contributed by atoms with Crippen LogP contribution < -0.4 is 5.32 Å². The molecule has 0 fully saturated rings. The molecule has 0 spiro atoms. The molecular weight excluding hydrogens is 270 g/mol. The standard InChI is InChI=1S/C12H12BrNO2/c1-3-7-14-12(2,11(15)16)9-5-4-6-10(13)8-9/h1,4-6,8,14H,7H2,2H3,(H,15,16). The average Bonchev–Trinajstić information content (AvgIpc) is 2.25. The number of benzene rings is 1. The van der Waals surface area contributed by atoms with Crippen molar-refractivity contribution < 1.29 is 9.90 Å². The van der Waals surface area contributed by atoms with Crippen LogP contribution >= 0.6 is 15.9 Å². The summed E-state index contributed by atoms with van der Waals surface area (Å²) in [7, 11) is 0. The molecule has 1 aromatic rings. The molecule has 1 rings (SSSR count). The van der Waals surface area contributed by atoms with Gasteiger partial charge in [-0.3, -0.25) is 5.32 Å². The molecule has 0 bridgehead atoms. The number of aliphatic carboxylic acids is 1. The molecule has 0 saturated carbocycles. The predicted octanol–water partition coefficient (Wildman–Crippen LogP) is 1.97. The highest BCUT2D eigenvalue weighted by molar-refractivity contribution is 9.10. The maximum absolute atomic E-state index is 11.3. The summed E-state index contributed by atoms with van der Waals surface area (Å²) in [4.78, 5) is 11.3. The molecule has 3 nitrogen and oxygen atoms in total. The number of carboxylic acid groups (broad SMARTS) is 1. The number of hydrogen-bond donors (Lipinski definition) is 2. The maximum Gasteiger partial charge on any atom is 0.328 e. The van der Waals surface area contributed by atoms with E-state index < -0.39 is 11.5 Å². The van der Waals surface area contributed by atoms with Crippen molar-refractivity contribution in [3.63, 3.8) is 0 Å². The number of terminal acetylenes is 1. The Morgan fingerprint density at radius 1 is 1.69 bits per heavy atom. The van der Waals surface area contributed by atoms with E-state index in [1.807, 2.05) is 6.07 Å². The van der Waals surface area contributed by atoms with Crippen LogP contribution in [0.25, 0.3) is 0 Å². The lowest BCUT2D eigenvalue weighted by atomic mass is 9.92. The lowest BCUT2D eigenvalue weighted by Crippen LogP contribution is -2.46. The Hall–Kier alpha value is -1.31. The van der Waals surface area contributed by atoms with Gasteiger partial charge in [-0.15, -0.1) is 6.42 Å². The molecule has 0 saturated heterocycles. The Morgan fingerprint density at radius 3 is 2.88 bits per heavy atom. The highest BCUT2D eigenvalue weighted by Crippen LogP contribution is 2.24. The zero-order valence-electron chi connectivity index (χ0n) is 8.83. The van der Waals surface area contributed by atoms with Gasteiger partial charge in [0, 0.05) is 4.47 Å². The average molecular weight is 282 g/mol. The van der Waals surface area contributed by atoms with Gasteiger partial charge in [0.05, 0.1) is 6.54 Å². The zero-order valence-corrected chi connectivity index (χ0v) is 10.4. The van der Waals surface area contributed by atoms with E-state index in [1.165, 1.54) is 0 Å². The molecule has 16 heavy (non-hydrogen) atoms. The lowest BCUT2D eigenvalue weighted by Gasteiger charge is -2.26. The fourth-order valence-electron chi connectivity index (χ4n) is 1.33. The molecule has 0 aliphatic heterocycles. The normalized spacial score (nSPS) is 13.8. The molecule has 1 unspecified atom stereocenters. The summed E-state index contributed by atoms with van der Waals surface area (Å²) in [5.74, 6) is 1.42. The number of halogens is 1. The summed E-state index contributed by atoms with van der Waals surface area (Å²) < 4.78 is 0.833. The number of nitrogens with one attached hydrogen (secondary N) is 1. The van der Waals surface area contributed by atoms with Crippen LogP contribution in [0.15, 0.2) is 28.7 Å². The monoisotopic (exact) mass is 281 g/mol. The molecule has 0 aliphatic rings. The molecule has 0 aromatic heterocycles. The Kier molecular flexibility index (Phi) is 4.11. The van der Waals surface area contributed by atoms with Gasteiger partial charge in [0.2, 0.25) is 0 Å². The van der Waals surface area contributed by atoms with E-state index in [-0.39, 0.29) is 6.54 Å². The van der Waals surface area contributed by atoms with Crippen molar-refractivity contribution in [3.05, 3.63) is 34.3 Å². The minimum absolute atomic E-state index is 0.204. The van der Waals surface area contributed by atoms with Gasteiger partial charge in [-0.25, -0.2) is 4.79 Å². The first-order valence-corrected chi connectivity index (χ1v) is 5.48. The van der Waals surface area contributed by atoms with E-state index in [2.05, 4.69) is 27.2 Å². The Bertz CT molecular complexity index is 439. The second-order valence-electron chi connectivity index (χ2n) is 3.50. The SMILES string of the molecule is C#CCNC(C)(C(=O)O)c1cccc(Br)c1. The molecule has 0 radical (unpaired) electrons. The molecule has 0 amide bonds. The maximum atomic E-state index is 11.3. The third-order valence-corrected chi connectivity index (χ3v) is 2.87. The number of carbonyl (C=O) groups is 1. The summed E-state index contributed by atoms with van der Waals surface area (Å²) in [5, 5.41) is 12.1. The van der Waals surface area contributed by atoms with Crippen molar-refractivity contribution in [1.82, 2.24) is 5.32 Å². The summed E-state index contributed by atoms with van der Waals surface area (Å²) in [5.41, 5.74) is -0.513. The predicted molar refractivity (Wildman–Crippen MR) is 66.0 cm³/mol. The lowest BCUT2D eigenvalue weighted by molar-refractivity contribution is -0.144. The van der Waals surface area contributed by atoms with Crippen LogP contribution in [0.1, 0.15) is 12.5 Å². The molecule has 1 atom stereocenters. The fourth-order valence-corrected chi connectivity index (χ4v) is 1.73. The minimum atomic E-state index is -1.17. The first kappa shape index (κ1) is 12.8. The minimum Gasteiger partial charge on any atom is -0.480 e. The highest BCUT2D eigenvalue weighted by atomic mass is 79.9. The van der Waals surface area contributed by atoms with Gasteiger partial charge in [0.15, 0.2) is 0 Å². The quantitative estimate of drug-likeness (QED) is 0.830. The second kappa shape index (κ2) is 5.15. The molecule has 0 heterocycles. The van der Waals surface area contributed by atoms with E-state index >= 15 is 0 Å². The van der Waals surface area contributed by atoms with Gasteiger partial charge in [-0.2, -0.15) is 0 Å². The Morgan fingerprint density at radius 2 is 2.38 bits per heavy atom. The Labute approximate surface area is 103 Å². The van der Waals surface area contributed by atoms with E-state index in [9.17, 15) is 9.90 Å². The number of hydrogen-bond acceptors (Lipinski definition) is 2. The van der Waals surface area contributed by atoms with E-state index in [0.717, 1.165) is 4.47 Å². The number of carboxylic acids is 1. The summed E-state index contributed by atoms with van der Waals surface area (Å²) in [6.07, 6.45) is 5.13. The van der Waals surface area contributed by atoms with Crippen LogP contribution in [0.2, 0.25) is 0 Å². The molecule has 0 aliphatic carbocycles. The summed E-state index contributed by atoms with van der Waals surface area (Å²) >= 11 is 3.31. The topological polar surface area (TPSA) is 49.3 Å². The molecule has 1 aromatic carbocycles. The molecular formula is C12H12BrNO2. The van der Waals surface area contributed by atoms with Crippen LogP contribution in [-0.4, -0.2) is 17.6 Å². The largest absolute Gasteiger partial charge is 0.480 e. The second-order valence-corrected chi connectivity index (χ2v) is 4.41. The molecule has 2 N–H and O–H groups in total. The van der Waals surface area contributed by atoms with Gasteiger partial charge in [-0.05, 0) is 24.6 Å². The summed E-state index contributed by atoms with van der Waals surface area (Å²) in [6, 6.07) is 7.14. The third-order valence-electron chi connectivity index (χ3n) is 2.37. The first-order valence-electron chi connectivity index (χ1n) is 4.68. The van der Waals surface area contributed by atoms with Crippen molar-refractivity contribution in [1.29, 1.82) is 0 Å². The van der Waals surface area contributed by atoms with Crippen LogP contribution in [0.5, 0.6) is 0 Å². The van der Waals surface area contributed by atoms with Crippen LogP contribution in [-0.2, 0) is 10.3 Å². The van der Waals surface area contributed by atoms with Gasteiger partial charge in [0.1, 0.15) is 5.54 Å². The van der Waals surface area contributed by atoms with E-state index in [4.69, 9.17) is 6.42 Å². The van der Waals surface area contributed by atoms with E-state index in [0.29, 0.717) is 5.56 Å². The van der Waals surface area contributed by atoms with Crippen molar-refractivity contribution in [2.45, 2.75) is 12.5 Å². The third kappa shape index (κ3) is 2.63. The van der Waals surface area contributed by atoms with Crippen LogP contribution in [0, 0.1) is 12.3 Å². The van der Waals surface area contributed by atoms with Gasteiger partial charge >= 0.3 is 5.97 Å². The smallest absolute Gasteiger partial charge is 0.328 e. The fraction of sp³-hybridized carbons (Fsp3) is 0.250. The van der Waals surface area contributed by atoms with Crippen molar-refractivity contribution in [2.75, 3.05) is 6.54 Å². The van der Waals surface area contributed by atoms with Gasteiger partial charge < -0.3 is 5.11 Å². The highest BCUT2D eigenvalue weighted by Gasteiger charge is 2.34.